The lowest BCUT2D eigenvalue weighted by atomic mass is 10.1. The van der Waals surface area contributed by atoms with Crippen molar-refractivity contribution >= 4 is 11.9 Å². The van der Waals surface area contributed by atoms with E-state index in [-0.39, 0.29) is 11.9 Å². The van der Waals surface area contributed by atoms with Crippen molar-refractivity contribution in [3.63, 3.8) is 0 Å². The fourth-order valence-electron chi connectivity index (χ4n) is 2.14. The highest BCUT2D eigenvalue weighted by atomic mass is 16.5. The average Bonchev–Trinajstić information content (AvgIpc) is 2.87. The van der Waals surface area contributed by atoms with Gasteiger partial charge < -0.3 is 9.64 Å². The molecule has 1 fully saturated rings. The van der Waals surface area contributed by atoms with Gasteiger partial charge >= 0.3 is 5.97 Å². The first-order valence-corrected chi connectivity index (χ1v) is 5.68. The fourth-order valence-corrected chi connectivity index (χ4v) is 2.14. The van der Waals surface area contributed by atoms with Crippen LogP contribution in [0.4, 0.5) is 0 Å². The molecule has 1 aliphatic heterocycles. The molecule has 1 aromatic rings. The second-order valence-electron chi connectivity index (χ2n) is 4.05. The van der Waals surface area contributed by atoms with Crippen LogP contribution in [0.3, 0.4) is 0 Å². The van der Waals surface area contributed by atoms with Gasteiger partial charge in [0.2, 0.25) is 0 Å². The molecule has 0 aliphatic carbocycles. The number of carbonyl (C=O) groups excluding carboxylic acids is 2. The third kappa shape index (κ3) is 2.30. The summed E-state index contributed by atoms with van der Waals surface area (Å²) in [4.78, 5) is 25.3. The molecule has 1 heterocycles. The Hall–Kier alpha value is -1.84. The maximum Gasteiger partial charge on any atom is 0.328 e. The number of nitrogens with zero attached hydrogens (tertiary/aromatic N) is 1. The van der Waals surface area contributed by atoms with Crippen molar-refractivity contribution in [3.8, 4) is 0 Å². The van der Waals surface area contributed by atoms with Gasteiger partial charge in [0.05, 0.1) is 7.11 Å². The molecule has 1 amide bonds. The van der Waals surface area contributed by atoms with Crippen LogP contribution in [-0.2, 0) is 9.53 Å². The van der Waals surface area contributed by atoms with Crippen LogP contribution >= 0.6 is 0 Å². The zero-order chi connectivity index (χ0) is 12.3. The van der Waals surface area contributed by atoms with Crippen LogP contribution in [0.1, 0.15) is 23.2 Å². The Balaban J connectivity index is 2.17. The predicted octanol–water partition coefficient (Wildman–Crippen LogP) is 1.46. The normalized spacial score (nSPS) is 19.1. The summed E-state index contributed by atoms with van der Waals surface area (Å²) >= 11 is 0. The van der Waals surface area contributed by atoms with Crippen LogP contribution < -0.4 is 0 Å². The predicted molar refractivity (Wildman–Crippen MR) is 62.5 cm³/mol. The molecule has 0 radical (unpaired) electrons. The topological polar surface area (TPSA) is 46.6 Å². The SMILES string of the molecule is COC(=O)[C@H]1CCCN1C(=O)c1ccccc1. The van der Waals surface area contributed by atoms with Crippen LogP contribution in [-0.4, -0.2) is 36.5 Å². The van der Waals surface area contributed by atoms with Crippen molar-refractivity contribution in [2.24, 2.45) is 0 Å². The van der Waals surface area contributed by atoms with Crippen molar-refractivity contribution in [3.05, 3.63) is 35.9 Å². The van der Waals surface area contributed by atoms with E-state index in [1.165, 1.54) is 7.11 Å². The highest BCUT2D eigenvalue weighted by molar-refractivity contribution is 5.97. The minimum Gasteiger partial charge on any atom is -0.467 e. The van der Waals surface area contributed by atoms with Crippen LogP contribution in [0.15, 0.2) is 30.3 Å². The average molecular weight is 233 g/mol. The summed E-state index contributed by atoms with van der Waals surface area (Å²) in [5.41, 5.74) is 0.614. The summed E-state index contributed by atoms with van der Waals surface area (Å²) in [5.74, 6) is -0.426. The monoisotopic (exact) mass is 233 g/mol. The molecule has 1 atom stereocenters. The molecular weight excluding hydrogens is 218 g/mol. The molecule has 0 unspecified atom stereocenters. The van der Waals surface area contributed by atoms with Crippen molar-refractivity contribution in [2.45, 2.75) is 18.9 Å². The van der Waals surface area contributed by atoms with Gasteiger partial charge in [-0.05, 0) is 25.0 Å². The van der Waals surface area contributed by atoms with E-state index >= 15 is 0 Å². The zero-order valence-electron chi connectivity index (χ0n) is 9.76. The number of carbonyl (C=O) groups is 2. The maximum atomic E-state index is 12.2. The second-order valence-corrected chi connectivity index (χ2v) is 4.05. The van der Waals surface area contributed by atoms with Crippen LogP contribution in [0.25, 0.3) is 0 Å². The molecule has 1 saturated heterocycles. The highest BCUT2D eigenvalue weighted by Crippen LogP contribution is 2.20. The van der Waals surface area contributed by atoms with E-state index in [1.54, 1.807) is 17.0 Å². The van der Waals surface area contributed by atoms with Gasteiger partial charge in [0.25, 0.3) is 5.91 Å². The molecule has 0 bridgehead atoms. The lowest BCUT2D eigenvalue weighted by Gasteiger charge is -2.22. The molecule has 0 saturated carbocycles. The number of hydrogen-bond donors (Lipinski definition) is 0. The largest absolute Gasteiger partial charge is 0.467 e. The van der Waals surface area contributed by atoms with Gasteiger partial charge in [-0.25, -0.2) is 4.79 Å². The van der Waals surface area contributed by atoms with Crippen molar-refractivity contribution < 1.29 is 14.3 Å². The molecule has 2 rings (SSSR count). The molecule has 17 heavy (non-hydrogen) atoms. The lowest BCUT2D eigenvalue weighted by molar-refractivity contribution is -0.145. The number of amides is 1. The Morgan fingerprint density at radius 3 is 2.65 bits per heavy atom. The minimum absolute atomic E-state index is 0.0986. The van der Waals surface area contributed by atoms with Crippen molar-refractivity contribution in [1.29, 1.82) is 0 Å². The van der Waals surface area contributed by atoms with Gasteiger partial charge in [0.15, 0.2) is 0 Å². The summed E-state index contributed by atoms with van der Waals surface area (Å²) < 4.78 is 4.72. The lowest BCUT2D eigenvalue weighted by Crippen LogP contribution is -2.41. The van der Waals surface area contributed by atoms with E-state index in [1.807, 2.05) is 18.2 Å². The van der Waals surface area contributed by atoms with Gasteiger partial charge in [-0.15, -0.1) is 0 Å². The molecular formula is C13H15NO3. The van der Waals surface area contributed by atoms with Gasteiger partial charge in [-0.3, -0.25) is 4.79 Å². The molecule has 0 spiro atoms. The van der Waals surface area contributed by atoms with Gasteiger partial charge in [0, 0.05) is 12.1 Å². The highest BCUT2D eigenvalue weighted by Gasteiger charge is 2.35. The van der Waals surface area contributed by atoms with E-state index < -0.39 is 6.04 Å². The number of hydrogen-bond acceptors (Lipinski definition) is 3. The first-order valence-electron chi connectivity index (χ1n) is 5.68. The number of likely N-dealkylation sites (tertiary alicyclic amines) is 1. The fraction of sp³-hybridized carbons (Fsp3) is 0.385. The summed E-state index contributed by atoms with van der Waals surface area (Å²) in [6, 6.07) is 8.59. The smallest absolute Gasteiger partial charge is 0.328 e. The second kappa shape index (κ2) is 4.99. The van der Waals surface area contributed by atoms with Crippen LogP contribution in [0, 0.1) is 0 Å². The Labute approximate surface area is 100 Å². The van der Waals surface area contributed by atoms with Crippen molar-refractivity contribution in [2.75, 3.05) is 13.7 Å². The van der Waals surface area contributed by atoms with E-state index in [9.17, 15) is 9.59 Å². The zero-order valence-corrected chi connectivity index (χ0v) is 9.76. The quantitative estimate of drug-likeness (QED) is 0.727. The Bertz CT molecular complexity index is 416. The Morgan fingerprint density at radius 2 is 2.00 bits per heavy atom. The van der Waals surface area contributed by atoms with E-state index in [0.717, 1.165) is 6.42 Å². The summed E-state index contributed by atoms with van der Waals surface area (Å²) in [7, 11) is 1.35. The number of benzene rings is 1. The third-order valence-corrected chi connectivity index (χ3v) is 3.01. The molecule has 4 nitrogen and oxygen atoms in total. The molecule has 0 aromatic heterocycles. The Morgan fingerprint density at radius 1 is 1.29 bits per heavy atom. The molecule has 1 aromatic carbocycles. The minimum atomic E-state index is -0.423. The number of ether oxygens (including phenoxy) is 1. The summed E-state index contributed by atoms with van der Waals surface area (Å²) in [5, 5.41) is 0. The van der Waals surface area contributed by atoms with E-state index in [0.29, 0.717) is 18.5 Å². The van der Waals surface area contributed by atoms with Gasteiger partial charge in [0.1, 0.15) is 6.04 Å². The molecule has 90 valence electrons. The number of rotatable bonds is 2. The number of methoxy groups -OCH3 is 1. The standard InChI is InChI=1S/C13H15NO3/c1-17-13(16)11-8-5-9-14(11)12(15)10-6-3-2-4-7-10/h2-4,6-7,11H,5,8-9H2,1H3/t11-/m1/s1. The van der Waals surface area contributed by atoms with Gasteiger partial charge in [-0.2, -0.15) is 0 Å². The van der Waals surface area contributed by atoms with Crippen LogP contribution in [0.5, 0.6) is 0 Å². The van der Waals surface area contributed by atoms with E-state index in [4.69, 9.17) is 4.74 Å². The third-order valence-electron chi connectivity index (χ3n) is 3.01. The number of esters is 1. The first kappa shape index (κ1) is 11.6. The van der Waals surface area contributed by atoms with Gasteiger partial charge in [-0.1, -0.05) is 18.2 Å². The maximum absolute atomic E-state index is 12.2. The van der Waals surface area contributed by atoms with E-state index in [2.05, 4.69) is 0 Å². The summed E-state index contributed by atoms with van der Waals surface area (Å²) in [6.45, 7) is 0.619. The first-order chi connectivity index (χ1) is 8.24. The Kier molecular flexibility index (Phi) is 3.42. The van der Waals surface area contributed by atoms with Crippen molar-refractivity contribution in [1.82, 2.24) is 4.90 Å². The molecule has 0 N–H and O–H groups in total. The molecule has 1 aliphatic rings. The summed E-state index contributed by atoms with van der Waals surface area (Å²) in [6.07, 6.45) is 1.53. The van der Waals surface area contributed by atoms with Crippen LogP contribution in [0.2, 0.25) is 0 Å². The molecule has 4 heteroatoms.